The molecular formula is C14H16N2O2S. The number of nitrogens with two attached hydrogens (primary N) is 1. The van der Waals surface area contributed by atoms with Gasteiger partial charge in [0.1, 0.15) is 0 Å². The van der Waals surface area contributed by atoms with Crippen molar-refractivity contribution in [3.63, 3.8) is 0 Å². The number of rotatable bonds is 4. The van der Waals surface area contributed by atoms with E-state index in [1.807, 2.05) is 48.5 Å². The number of nitrogens with one attached hydrogen (secondary N) is 1. The molecule has 0 heterocycles. The van der Waals surface area contributed by atoms with Gasteiger partial charge in [0, 0.05) is 12.2 Å². The van der Waals surface area contributed by atoms with Crippen molar-refractivity contribution < 1.29 is 8.42 Å². The number of sulfonamides is 1. The first-order valence-electron chi connectivity index (χ1n) is 5.83. The second-order valence-corrected chi connectivity index (χ2v) is 6.25. The maximum Gasteiger partial charge on any atom is 0.209 e. The lowest BCUT2D eigenvalue weighted by molar-refractivity contribution is 0.587. The van der Waals surface area contributed by atoms with E-state index in [0.717, 1.165) is 28.6 Å². The molecule has 0 unspecified atom stereocenters. The maximum atomic E-state index is 11.0. The van der Waals surface area contributed by atoms with Gasteiger partial charge in [-0.05, 0) is 28.8 Å². The highest BCUT2D eigenvalue weighted by Crippen LogP contribution is 2.21. The van der Waals surface area contributed by atoms with Crippen molar-refractivity contribution in [1.82, 2.24) is 4.72 Å². The fourth-order valence-corrected chi connectivity index (χ4v) is 2.18. The number of hydrogen-bond donors (Lipinski definition) is 2. The summed E-state index contributed by atoms with van der Waals surface area (Å²) in [6.07, 6.45) is 1.15. The summed E-state index contributed by atoms with van der Waals surface area (Å²) >= 11 is 0. The van der Waals surface area contributed by atoms with Crippen LogP contribution in [0.25, 0.3) is 11.1 Å². The van der Waals surface area contributed by atoms with Gasteiger partial charge in [0.2, 0.25) is 10.0 Å². The molecule has 0 aliphatic carbocycles. The van der Waals surface area contributed by atoms with Crippen LogP contribution >= 0.6 is 0 Å². The summed E-state index contributed by atoms with van der Waals surface area (Å²) in [5, 5.41) is 0. The molecule has 0 saturated carbocycles. The van der Waals surface area contributed by atoms with E-state index in [1.54, 1.807) is 0 Å². The van der Waals surface area contributed by atoms with E-state index in [-0.39, 0.29) is 0 Å². The van der Waals surface area contributed by atoms with Gasteiger partial charge in [-0.1, -0.05) is 36.4 Å². The largest absolute Gasteiger partial charge is 0.399 e. The summed E-state index contributed by atoms with van der Waals surface area (Å²) < 4.78 is 24.5. The Bertz CT molecular complexity index is 664. The fourth-order valence-electron chi connectivity index (χ4n) is 1.75. The highest BCUT2D eigenvalue weighted by molar-refractivity contribution is 7.88. The lowest BCUT2D eigenvalue weighted by Crippen LogP contribution is -2.21. The van der Waals surface area contributed by atoms with Gasteiger partial charge in [-0.25, -0.2) is 13.1 Å². The van der Waals surface area contributed by atoms with Crippen LogP contribution in [0.4, 0.5) is 5.69 Å². The molecule has 0 amide bonds. The lowest BCUT2D eigenvalue weighted by Gasteiger charge is -2.06. The van der Waals surface area contributed by atoms with Crippen molar-refractivity contribution in [3.05, 3.63) is 54.1 Å². The van der Waals surface area contributed by atoms with Crippen molar-refractivity contribution in [2.45, 2.75) is 6.54 Å². The van der Waals surface area contributed by atoms with E-state index in [9.17, 15) is 8.42 Å². The predicted molar refractivity (Wildman–Crippen MR) is 78.0 cm³/mol. The van der Waals surface area contributed by atoms with Gasteiger partial charge in [0.25, 0.3) is 0 Å². The third kappa shape index (κ3) is 4.08. The maximum absolute atomic E-state index is 11.0. The zero-order chi connectivity index (χ0) is 13.9. The molecular weight excluding hydrogens is 260 g/mol. The Balaban J connectivity index is 2.15. The molecule has 0 bridgehead atoms. The molecule has 0 spiro atoms. The molecule has 0 fully saturated rings. The first-order chi connectivity index (χ1) is 8.94. The molecule has 0 aromatic heterocycles. The third-order valence-electron chi connectivity index (χ3n) is 2.71. The molecule has 0 atom stereocenters. The fraction of sp³-hybridized carbons (Fsp3) is 0.143. The van der Waals surface area contributed by atoms with Crippen molar-refractivity contribution >= 4 is 15.7 Å². The average molecular weight is 276 g/mol. The zero-order valence-corrected chi connectivity index (χ0v) is 11.4. The second-order valence-electron chi connectivity index (χ2n) is 4.42. The minimum absolute atomic E-state index is 0.302. The van der Waals surface area contributed by atoms with Crippen LogP contribution in [0.3, 0.4) is 0 Å². The summed E-state index contributed by atoms with van der Waals surface area (Å²) in [7, 11) is -3.16. The number of anilines is 1. The number of hydrogen-bond acceptors (Lipinski definition) is 3. The normalized spacial score (nSPS) is 11.4. The van der Waals surface area contributed by atoms with Gasteiger partial charge in [-0.15, -0.1) is 0 Å². The quantitative estimate of drug-likeness (QED) is 0.839. The van der Waals surface area contributed by atoms with E-state index >= 15 is 0 Å². The Morgan fingerprint density at radius 1 is 1.05 bits per heavy atom. The van der Waals surface area contributed by atoms with Crippen molar-refractivity contribution in [3.8, 4) is 11.1 Å². The summed E-state index contributed by atoms with van der Waals surface area (Å²) in [4.78, 5) is 0. The van der Waals surface area contributed by atoms with Gasteiger partial charge in [-0.2, -0.15) is 0 Å². The van der Waals surface area contributed by atoms with Crippen molar-refractivity contribution in [2.24, 2.45) is 0 Å². The minimum Gasteiger partial charge on any atom is -0.399 e. The molecule has 0 saturated heterocycles. The van der Waals surface area contributed by atoms with E-state index in [0.29, 0.717) is 6.54 Å². The topological polar surface area (TPSA) is 72.2 Å². The molecule has 19 heavy (non-hydrogen) atoms. The van der Waals surface area contributed by atoms with Crippen molar-refractivity contribution in [1.29, 1.82) is 0 Å². The minimum atomic E-state index is -3.16. The third-order valence-corrected chi connectivity index (χ3v) is 3.38. The van der Waals surface area contributed by atoms with Crippen LogP contribution in [0, 0.1) is 0 Å². The molecule has 0 aliphatic heterocycles. The lowest BCUT2D eigenvalue weighted by atomic mass is 10.0. The number of nitrogen functional groups attached to an aromatic ring is 1. The zero-order valence-electron chi connectivity index (χ0n) is 10.6. The Morgan fingerprint density at radius 3 is 2.32 bits per heavy atom. The summed E-state index contributed by atoms with van der Waals surface area (Å²) in [5.41, 5.74) is 9.48. The SMILES string of the molecule is CS(=O)(=O)NCc1ccc(-c2cccc(N)c2)cc1. The Hall–Kier alpha value is -1.85. The Kier molecular flexibility index (Phi) is 3.87. The molecule has 2 rings (SSSR count). The monoisotopic (exact) mass is 276 g/mol. The molecule has 2 aromatic rings. The standard InChI is InChI=1S/C14H16N2O2S/c1-19(17,18)16-10-11-5-7-12(8-6-11)13-3-2-4-14(15)9-13/h2-9,16H,10,15H2,1H3. The molecule has 0 aliphatic rings. The Labute approximate surface area is 113 Å². The van der Waals surface area contributed by atoms with E-state index < -0.39 is 10.0 Å². The van der Waals surface area contributed by atoms with Gasteiger partial charge in [0.05, 0.1) is 6.26 Å². The molecule has 100 valence electrons. The number of benzene rings is 2. The molecule has 3 N–H and O–H groups in total. The average Bonchev–Trinajstić information content (AvgIpc) is 2.36. The van der Waals surface area contributed by atoms with E-state index in [4.69, 9.17) is 5.73 Å². The van der Waals surface area contributed by atoms with Gasteiger partial charge >= 0.3 is 0 Å². The highest BCUT2D eigenvalue weighted by Gasteiger charge is 2.02. The Morgan fingerprint density at radius 2 is 1.74 bits per heavy atom. The second kappa shape index (κ2) is 5.42. The first-order valence-corrected chi connectivity index (χ1v) is 7.73. The molecule has 0 radical (unpaired) electrons. The van der Waals surface area contributed by atoms with Crippen LogP contribution < -0.4 is 10.5 Å². The summed E-state index contributed by atoms with van der Waals surface area (Å²) in [6, 6.07) is 15.3. The van der Waals surface area contributed by atoms with Crippen LogP contribution in [-0.2, 0) is 16.6 Å². The molecule has 5 heteroatoms. The van der Waals surface area contributed by atoms with Crippen molar-refractivity contribution in [2.75, 3.05) is 12.0 Å². The van der Waals surface area contributed by atoms with Crippen LogP contribution in [0.5, 0.6) is 0 Å². The van der Waals surface area contributed by atoms with Gasteiger partial charge < -0.3 is 5.73 Å². The van der Waals surface area contributed by atoms with Crippen LogP contribution in [0.15, 0.2) is 48.5 Å². The van der Waals surface area contributed by atoms with E-state index in [2.05, 4.69) is 4.72 Å². The van der Waals surface area contributed by atoms with Crippen LogP contribution in [0.1, 0.15) is 5.56 Å². The molecule has 4 nitrogen and oxygen atoms in total. The summed E-state index contributed by atoms with van der Waals surface area (Å²) in [6.45, 7) is 0.302. The molecule has 2 aromatic carbocycles. The predicted octanol–water partition coefficient (Wildman–Crippen LogP) is 1.98. The first kappa shape index (κ1) is 13.6. The smallest absolute Gasteiger partial charge is 0.209 e. The van der Waals surface area contributed by atoms with Gasteiger partial charge in [-0.3, -0.25) is 0 Å². The van der Waals surface area contributed by atoms with Gasteiger partial charge in [0.15, 0.2) is 0 Å². The highest BCUT2D eigenvalue weighted by atomic mass is 32.2. The van der Waals surface area contributed by atoms with E-state index in [1.165, 1.54) is 0 Å². The van der Waals surface area contributed by atoms with Crippen LogP contribution in [0.2, 0.25) is 0 Å². The summed E-state index contributed by atoms with van der Waals surface area (Å²) in [5.74, 6) is 0. The van der Waals surface area contributed by atoms with Crippen LogP contribution in [-0.4, -0.2) is 14.7 Å².